The number of halogens is 8. The molecule has 0 aromatic carbocycles. The average molecular weight is 312 g/mol. The zero-order valence-corrected chi connectivity index (χ0v) is 10.6. The Morgan fingerprint density at radius 3 is 1.64 bits per heavy atom. The van der Waals surface area contributed by atoms with Gasteiger partial charge in [0.2, 0.25) is 4.33 Å². The van der Waals surface area contributed by atoms with Crippen LogP contribution in [0.5, 0.6) is 0 Å². The lowest BCUT2D eigenvalue weighted by Gasteiger charge is -2.36. The fourth-order valence-electron chi connectivity index (χ4n) is 0.642. The molecule has 1 atom stereocenters. The molecule has 0 spiro atoms. The third-order valence-corrected chi connectivity index (χ3v) is 4.89. The van der Waals surface area contributed by atoms with Crippen LogP contribution in [0.1, 0.15) is 13.3 Å². The minimum Gasteiger partial charge on any atom is -0.168 e. The normalized spacial score (nSPS) is 16.9. The predicted molar refractivity (Wildman–Crippen MR) is 54.9 cm³/mol. The van der Waals surface area contributed by atoms with Gasteiger partial charge in [0.1, 0.15) is 0 Å². The fourth-order valence-corrected chi connectivity index (χ4v) is 1.70. The highest BCUT2D eigenvalue weighted by Crippen LogP contribution is 2.55. The summed E-state index contributed by atoms with van der Waals surface area (Å²) in [6.45, 7) is 1.51. The third kappa shape index (κ3) is 2.67. The lowest BCUT2D eigenvalue weighted by Crippen LogP contribution is -2.53. The summed E-state index contributed by atoms with van der Waals surface area (Å²) in [6, 6.07) is 0. The molecule has 0 aliphatic rings. The van der Waals surface area contributed by atoms with E-state index in [0.717, 1.165) is 0 Å². The molecule has 0 aliphatic carbocycles. The highest BCUT2D eigenvalue weighted by molar-refractivity contribution is 6.64. The molecule has 0 fully saturated rings. The highest BCUT2D eigenvalue weighted by atomic mass is 35.5. The van der Waals surface area contributed by atoms with Crippen LogP contribution < -0.4 is 0 Å². The van der Waals surface area contributed by atoms with Crippen LogP contribution in [0.2, 0.25) is 0 Å². The van der Waals surface area contributed by atoms with E-state index in [2.05, 4.69) is 0 Å². The van der Waals surface area contributed by atoms with E-state index in [9.17, 15) is 13.2 Å². The van der Waals surface area contributed by atoms with Crippen molar-refractivity contribution in [3.8, 4) is 0 Å². The van der Waals surface area contributed by atoms with E-state index in [4.69, 9.17) is 58.0 Å². The SMILES string of the molecule is CCC(Cl)C(Cl)(Cl)C(Cl)(Cl)C(F)(F)F. The first-order valence-corrected chi connectivity index (χ1v) is 5.39. The molecule has 0 nitrogen and oxygen atoms in total. The molecule has 0 radical (unpaired) electrons. The summed E-state index contributed by atoms with van der Waals surface area (Å²) in [5, 5.41) is -1.21. The van der Waals surface area contributed by atoms with Gasteiger partial charge in [0.15, 0.2) is 4.33 Å². The van der Waals surface area contributed by atoms with Crippen molar-refractivity contribution in [1.29, 1.82) is 0 Å². The van der Waals surface area contributed by atoms with Gasteiger partial charge in [0.05, 0.1) is 5.38 Å². The molecule has 0 bridgehead atoms. The Morgan fingerprint density at radius 1 is 1.07 bits per heavy atom. The summed E-state index contributed by atoms with van der Waals surface area (Å²) in [4.78, 5) is 0. The molecule has 0 aromatic rings. The molecule has 0 aliphatic heterocycles. The van der Waals surface area contributed by atoms with Gasteiger partial charge in [-0.1, -0.05) is 53.3 Å². The summed E-state index contributed by atoms with van der Waals surface area (Å²) in [5.41, 5.74) is 0. The topological polar surface area (TPSA) is 0 Å². The van der Waals surface area contributed by atoms with Crippen LogP contribution in [0.25, 0.3) is 0 Å². The van der Waals surface area contributed by atoms with E-state index in [0.29, 0.717) is 0 Å². The average Bonchev–Trinajstić information content (AvgIpc) is 2.00. The molecule has 8 heteroatoms. The molecular weight excluding hydrogens is 306 g/mol. The van der Waals surface area contributed by atoms with Crippen molar-refractivity contribution in [3.05, 3.63) is 0 Å². The first-order valence-electron chi connectivity index (χ1n) is 3.45. The molecule has 1 unspecified atom stereocenters. The predicted octanol–water partition coefficient (Wildman–Crippen LogP) is 4.91. The molecule has 0 saturated heterocycles. The van der Waals surface area contributed by atoms with E-state index < -0.39 is 20.2 Å². The van der Waals surface area contributed by atoms with Crippen molar-refractivity contribution in [2.75, 3.05) is 0 Å². The Kier molecular flexibility index (Phi) is 5.03. The molecular formula is C6H6Cl5F3. The van der Waals surface area contributed by atoms with Gasteiger partial charge in [-0.25, -0.2) is 0 Å². The molecule has 0 amide bonds. The summed E-state index contributed by atoms with van der Waals surface area (Å²) in [7, 11) is 0. The van der Waals surface area contributed by atoms with E-state index in [1.54, 1.807) is 0 Å². The second kappa shape index (κ2) is 4.62. The Labute approximate surface area is 105 Å². The molecule has 0 saturated carbocycles. The maximum atomic E-state index is 12.3. The minimum absolute atomic E-state index is 0.103. The molecule has 0 rings (SSSR count). The number of alkyl halides is 8. The monoisotopic (exact) mass is 310 g/mol. The van der Waals surface area contributed by atoms with Crippen molar-refractivity contribution >= 4 is 58.0 Å². The van der Waals surface area contributed by atoms with Crippen LogP contribution in [-0.4, -0.2) is 20.2 Å². The minimum atomic E-state index is -4.96. The Hall–Kier alpha value is 1.24. The van der Waals surface area contributed by atoms with Crippen molar-refractivity contribution in [2.24, 2.45) is 0 Å². The van der Waals surface area contributed by atoms with Crippen molar-refractivity contribution in [3.63, 3.8) is 0 Å². The van der Waals surface area contributed by atoms with E-state index in [1.165, 1.54) is 6.92 Å². The quantitative estimate of drug-likeness (QED) is 0.649. The van der Waals surface area contributed by atoms with Crippen LogP contribution >= 0.6 is 58.0 Å². The van der Waals surface area contributed by atoms with Crippen LogP contribution in [-0.2, 0) is 0 Å². The first-order chi connectivity index (χ1) is 5.98. The van der Waals surface area contributed by atoms with E-state index in [1.807, 2.05) is 0 Å². The van der Waals surface area contributed by atoms with Gasteiger partial charge < -0.3 is 0 Å². The van der Waals surface area contributed by atoms with Gasteiger partial charge in [-0.05, 0) is 6.42 Å². The summed E-state index contributed by atoms with van der Waals surface area (Å²) >= 11 is 26.5. The first kappa shape index (κ1) is 15.2. The summed E-state index contributed by atoms with van der Waals surface area (Å²) < 4.78 is 31.2. The molecule has 0 aromatic heterocycles. The number of hydrogen-bond acceptors (Lipinski definition) is 0. The third-order valence-electron chi connectivity index (χ3n) is 1.53. The maximum Gasteiger partial charge on any atom is 0.424 e. The van der Waals surface area contributed by atoms with Crippen LogP contribution in [0, 0.1) is 0 Å². The van der Waals surface area contributed by atoms with Gasteiger partial charge in [-0.2, -0.15) is 13.2 Å². The zero-order valence-electron chi connectivity index (χ0n) is 6.81. The van der Waals surface area contributed by atoms with E-state index >= 15 is 0 Å². The smallest absolute Gasteiger partial charge is 0.168 e. The summed E-state index contributed by atoms with van der Waals surface area (Å²) in [6.07, 6.45) is -4.85. The molecule has 14 heavy (non-hydrogen) atoms. The lowest BCUT2D eigenvalue weighted by atomic mass is 10.1. The zero-order chi connectivity index (χ0) is 11.8. The molecule has 0 heterocycles. The van der Waals surface area contributed by atoms with Gasteiger partial charge >= 0.3 is 6.18 Å². The van der Waals surface area contributed by atoms with Crippen LogP contribution in [0.4, 0.5) is 13.2 Å². The van der Waals surface area contributed by atoms with Gasteiger partial charge in [-0.15, -0.1) is 11.6 Å². The van der Waals surface area contributed by atoms with Crippen LogP contribution in [0.15, 0.2) is 0 Å². The Morgan fingerprint density at radius 2 is 1.43 bits per heavy atom. The van der Waals surface area contributed by atoms with Crippen molar-refractivity contribution < 1.29 is 13.2 Å². The fraction of sp³-hybridized carbons (Fsp3) is 1.00. The second-order valence-electron chi connectivity index (χ2n) is 2.57. The number of hydrogen-bond donors (Lipinski definition) is 0. The van der Waals surface area contributed by atoms with Crippen LogP contribution in [0.3, 0.4) is 0 Å². The Balaban J connectivity index is 5.07. The highest BCUT2D eigenvalue weighted by Gasteiger charge is 2.67. The van der Waals surface area contributed by atoms with Crippen molar-refractivity contribution in [2.45, 2.75) is 33.6 Å². The second-order valence-corrected chi connectivity index (χ2v) is 5.81. The summed E-state index contributed by atoms with van der Waals surface area (Å²) in [5.74, 6) is 0. The van der Waals surface area contributed by atoms with Gasteiger partial charge in [0, 0.05) is 0 Å². The van der Waals surface area contributed by atoms with Crippen molar-refractivity contribution in [1.82, 2.24) is 0 Å². The lowest BCUT2D eigenvalue weighted by molar-refractivity contribution is -0.144. The van der Waals surface area contributed by atoms with Gasteiger partial charge in [-0.3, -0.25) is 0 Å². The molecule has 0 N–H and O–H groups in total. The Bertz CT molecular complexity index is 200. The maximum absolute atomic E-state index is 12.3. The molecule has 86 valence electrons. The van der Waals surface area contributed by atoms with Gasteiger partial charge in [0.25, 0.3) is 0 Å². The number of rotatable bonds is 3. The van der Waals surface area contributed by atoms with E-state index in [-0.39, 0.29) is 6.42 Å². The standard InChI is InChI=1S/C6H6Cl5F3/c1-2-3(7)4(8,9)5(10,11)6(12,13)14/h3H,2H2,1H3. The largest absolute Gasteiger partial charge is 0.424 e.